The fraction of sp³-hybridized carbons (Fsp3) is 0.690. The summed E-state index contributed by atoms with van der Waals surface area (Å²) in [6, 6.07) is 0. The molecular weight excluding hydrogens is 1180 g/mol. The maximum absolute atomic E-state index is 12.9. The number of nitrogens with zero attached hydrogens (tertiary/aromatic N) is 1. The van der Waals surface area contributed by atoms with Crippen LogP contribution < -0.4 is 4.89 Å². The van der Waals surface area contributed by atoms with Crippen LogP contribution in [0.3, 0.4) is 0 Å². The Morgan fingerprint density at radius 2 is 0.574 bits per heavy atom. The number of rotatable bonds is 70. The normalized spacial score (nSPS) is 13.9. The van der Waals surface area contributed by atoms with Gasteiger partial charge in [-0.3, -0.25) is 14.2 Å². The van der Waals surface area contributed by atoms with Crippen LogP contribution in [0.2, 0.25) is 0 Å². The van der Waals surface area contributed by atoms with Crippen molar-refractivity contribution < 1.29 is 42.1 Å². The number of carbonyl (C=O) groups excluding carboxylic acids is 2. The number of likely N-dealkylation sites (N-methyl/N-ethyl adjacent to an activating group) is 1. The maximum Gasteiger partial charge on any atom is 0.306 e. The van der Waals surface area contributed by atoms with Crippen LogP contribution in [-0.4, -0.2) is 70.0 Å². The summed E-state index contributed by atoms with van der Waals surface area (Å²) >= 11 is 0. The Bertz CT molecular complexity index is 2100. The summed E-state index contributed by atoms with van der Waals surface area (Å²) in [5.41, 5.74) is 0. The van der Waals surface area contributed by atoms with Crippen LogP contribution in [0, 0.1) is 0 Å². The third-order valence-corrected chi connectivity index (χ3v) is 17.3. The summed E-state index contributed by atoms with van der Waals surface area (Å²) in [4.78, 5) is 38.2. The van der Waals surface area contributed by atoms with Gasteiger partial charge in [0.15, 0.2) is 6.10 Å². The number of unbranched alkanes of at least 4 members (excludes halogenated alkanes) is 32. The molecule has 0 saturated heterocycles. The van der Waals surface area contributed by atoms with Gasteiger partial charge >= 0.3 is 11.9 Å². The minimum Gasteiger partial charge on any atom is -0.756 e. The molecule has 0 aliphatic heterocycles. The van der Waals surface area contributed by atoms with Gasteiger partial charge in [-0.2, -0.15) is 0 Å². The first-order chi connectivity index (χ1) is 46.0. The summed E-state index contributed by atoms with van der Waals surface area (Å²) in [6.07, 6.45) is 108. The number of ether oxygens (including phenoxy) is 2. The van der Waals surface area contributed by atoms with Gasteiger partial charge in [0.25, 0.3) is 7.82 Å². The minimum atomic E-state index is -4.65. The summed E-state index contributed by atoms with van der Waals surface area (Å²) in [5.74, 6) is -0.828. The number of carbonyl (C=O) groups is 2. The van der Waals surface area contributed by atoms with E-state index in [1.807, 2.05) is 21.1 Å². The molecule has 0 aromatic heterocycles. The molecule has 94 heavy (non-hydrogen) atoms. The quantitative estimate of drug-likeness (QED) is 0.0195. The number of allylic oxidation sites excluding steroid dienone is 24. The van der Waals surface area contributed by atoms with Gasteiger partial charge in [-0.1, -0.05) is 339 Å². The van der Waals surface area contributed by atoms with Crippen LogP contribution in [0.4, 0.5) is 0 Å². The topological polar surface area (TPSA) is 111 Å². The molecule has 0 bridgehead atoms. The van der Waals surface area contributed by atoms with Crippen molar-refractivity contribution in [2.24, 2.45) is 0 Å². The first-order valence-electron chi connectivity index (χ1n) is 38.5. The Morgan fingerprint density at radius 1 is 0.330 bits per heavy atom. The van der Waals surface area contributed by atoms with E-state index in [0.29, 0.717) is 17.4 Å². The Kier molecular flexibility index (Phi) is 69.9. The van der Waals surface area contributed by atoms with Crippen molar-refractivity contribution in [2.45, 2.75) is 328 Å². The van der Waals surface area contributed by atoms with Gasteiger partial charge in [0, 0.05) is 12.8 Å². The monoisotopic (exact) mass is 1330 g/mol. The molecule has 538 valence electrons. The van der Waals surface area contributed by atoms with E-state index in [4.69, 9.17) is 18.5 Å². The molecule has 0 radical (unpaired) electrons. The van der Waals surface area contributed by atoms with Crippen LogP contribution in [0.5, 0.6) is 0 Å². The van der Waals surface area contributed by atoms with E-state index in [-0.39, 0.29) is 32.0 Å². The molecule has 0 aliphatic rings. The van der Waals surface area contributed by atoms with Crippen molar-refractivity contribution in [3.63, 3.8) is 0 Å². The largest absolute Gasteiger partial charge is 0.756 e. The van der Waals surface area contributed by atoms with Gasteiger partial charge in [-0.25, -0.2) is 0 Å². The highest BCUT2D eigenvalue weighted by Crippen LogP contribution is 2.38. The lowest BCUT2D eigenvalue weighted by molar-refractivity contribution is -0.870. The molecule has 0 spiro atoms. The molecule has 0 saturated carbocycles. The van der Waals surface area contributed by atoms with Crippen LogP contribution in [0.1, 0.15) is 322 Å². The second-order valence-corrected chi connectivity index (χ2v) is 28.0. The third-order valence-electron chi connectivity index (χ3n) is 16.4. The molecule has 0 aliphatic carbocycles. The number of phosphoric ester groups is 1. The van der Waals surface area contributed by atoms with E-state index in [1.54, 1.807) is 0 Å². The lowest BCUT2D eigenvalue weighted by atomic mass is 10.0. The number of quaternary nitrogens is 1. The standard InChI is InChI=1S/C84H144NO8P/c1-6-8-10-12-14-16-18-20-22-24-26-28-30-32-34-36-38-39-40-41-42-43-44-45-47-49-51-53-55-57-59-61-63-65-67-69-71-73-75-77-84(87)93-82(81-92-94(88,89)91-79-78-85(3,4)5)80-90-83(86)76-74-72-70-68-66-64-62-60-58-56-54-52-50-48-46-37-35-33-31-29-27-25-23-21-19-17-15-13-11-9-7-2/h8-11,14-17,20-23,26-29,32-35,38-39,41-42,82H,6-7,12-13,18-19,24-25,30-31,36-37,40,43-81H2,1-5H3/b10-8-,11-9-,16-14-,17-15-,22-20-,23-21-,28-26-,29-27-,34-32-,35-33-,39-38-,42-41-. The molecule has 0 amide bonds. The smallest absolute Gasteiger partial charge is 0.306 e. The average molecular weight is 1330 g/mol. The second-order valence-electron chi connectivity index (χ2n) is 26.6. The predicted molar refractivity (Wildman–Crippen MR) is 406 cm³/mol. The van der Waals surface area contributed by atoms with Crippen molar-refractivity contribution in [3.8, 4) is 0 Å². The number of hydrogen-bond donors (Lipinski definition) is 0. The zero-order valence-corrected chi connectivity index (χ0v) is 62.3. The molecule has 0 heterocycles. The lowest BCUT2D eigenvalue weighted by Gasteiger charge is -2.28. The molecule has 0 N–H and O–H groups in total. The van der Waals surface area contributed by atoms with Crippen LogP contribution in [0.15, 0.2) is 146 Å². The molecule has 0 aromatic carbocycles. The van der Waals surface area contributed by atoms with E-state index in [2.05, 4.69) is 160 Å². The van der Waals surface area contributed by atoms with Crippen LogP contribution in [-0.2, 0) is 32.7 Å². The van der Waals surface area contributed by atoms with Crippen molar-refractivity contribution >= 4 is 19.8 Å². The van der Waals surface area contributed by atoms with E-state index >= 15 is 0 Å². The highest BCUT2D eigenvalue weighted by molar-refractivity contribution is 7.45. The van der Waals surface area contributed by atoms with E-state index in [0.717, 1.165) is 116 Å². The van der Waals surface area contributed by atoms with Gasteiger partial charge in [0.2, 0.25) is 0 Å². The molecule has 2 atom stereocenters. The summed E-state index contributed by atoms with van der Waals surface area (Å²) in [5, 5.41) is 0. The maximum atomic E-state index is 12.9. The molecule has 10 heteroatoms. The Balaban J connectivity index is 4.00. The SMILES string of the molecule is CC/C=C\C/C=C\C/C=C\C/C=C\C/C=C\C/C=C\C/C=C\CCCCCCCCCCCCCCCCCCCC(=O)OC(COC(=O)CCCCCCCCCCCCCCCCC/C=C\C/C=C\C/C=C\C/C=C\C/C=C\CC)COP(=O)([O-])OCC[N+](C)(C)C. The highest BCUT2D eigenvalue weighted by atomic mass is 31.2. The van der Waals surface area contributed by atoms with Crippen LogP contribution >= 0.6 is 7.82 Å². The Hall–Kier alpha value is -4.11. The van der Waals surface area contributed by atoms with E-state index in [9.17, 15) is 19.0 Å². The van der Waals surface area contributed by atoms with Crippen molar-refractivity contribution in [2.75, 3.05) is 47.5 Å². The molecule has 9 nitrogen and oxygen atoms in total. The third kappa shape index (κ3) is 76.9. The van der Waals surface area contributed by atoms with Gasteiger partial charge in [-0.15, -0.1) is 0 Å². The van der Waals surface area contributed by atoms with Gasteiger partial charge in [0.05, 0.1) is 27.7 Å². The Morgan fingerprint density at radius 3 is 0.851 bits per heavy atom. The zero-order chi connectivity index (χ0) is 68.3. The number of phosphoric acid groups is 1. The number of hydrogen-bond acceptors (Lipinski definition) is 8. The van der Waals surface area contributed by atoms with E-state index < -0.39 is 26.5 Å². The average Bonchev–Trinajstić information content (AvgIpc) is 1.56. The Labute approximate surface area is 580 Å². The fourth-order valence-electron chi connectivity index (χ4n) is 10.5. The molecule has 0 aromatic rings. The summed E-state index contributed by atoms with van der Waals surface area (Å²) in [7, 11) is 1.16. The summed E-state index contributed by atoms with van der Waals surface area (Å²) < 4.78 is 34.4. The van der Waals surface area contributed by atoms with Crippen LogP contribution in [0.25, 0.3) is 0 Å². The molecule has 0 fully saturated rings. The highest BCUT2D eigenvalue weighted by Gasteiger charge is 2.22. The van der Waals surface area contributed by atoms with Crippen molar-refractivity contribution in [1.29, 1.82) is 0 Å². The van der Waals surface area contributed by atoms with Crippen molar-refractivity contribution in [1.82, 2.24) is 0 Å². The van der Waals surface area contributed by atoms with E-state index in [1.165, 1.54) is 173 Å². The lowest BCUT2D eigenvalue weighted by Crippen LogP contribution is -2.37. The van der Waals surface area contributed by atoms with Gasteiger partial charge in [-0.05, 0) is 116 Å². The predicted octanol–water partition coefficient (Wildman–Crippen LogP) is 25.1. The molecule has 2 unspecified atom stereocenters. The van der Waals surface area contributed by atoms with Crippen molar-refractivity contribution in [3.05, 3.63) is 146 Å². The number of esters is 2. The minimum absolute atomic E-state index is 0.0347. The first kappa shape index (κ1) is 89.9. The zero-order valence-electron chi connectivity index (χ0n) is 61.4. The molecular formula is C84H144NO8P. The van der Waals surface area contributed by atoms with Gasteiger partial charge < -0.3 is 27.9 Å². The second kappa shape index (κ2) is 73.1. The van der Waals surface area contributed by atoms with Gasteiger partial charge in [0.1, 0.15) is 19.8 Å². The first-order valence-corrected chi connectivity index (χ1v) is 40.0. The summed E-state index contributed by atoms with van der Waals surface area (Å²) in [6.45, 7) is 4.04. The molecule has 0 rings (SSSR count). The fourth-order valence-corrected chi connectivity index (χ4v) is 11.3.